The van der Waals surface area contributed by atoms with E-state index >= 15 is 0 Å². The maximum Gasteiger partial charge on any atom is 0.244 e. The minimum atomic E-state index is -0.349. The molecule has 1 saturated carbocycles. The Morgan fingerprint density at radius 1 is 1.15 bits per heavy atom. The first kappa shape index (κ1) is 23.9. The van der Waals surface area contributed by atoms with Gasteiger partial charge in [0.25, 0.3) is 0 Å². The van der Waals surface area contributed by atoms with Crippen LogP contribution < -0.4 is 5.32 Å². The van der Waals surface area contributed by atoms with E-state index in [9.17, 15) is 14.0 Å². The van der Waals surface area contributed by atoms with Crippen LogP contribution in [0.2, 0.25) is 0 Å². The SMILES string of the molecule is CCCN(CC(=O)Nc1ccccc1C)C(=O)CSc1nnc(-c2ccccc2F)n1C1CC1. The number of nitrogens with zero attached hydrogens (tertiary/aromatic N) is 4. The van der Waals surface area contributed by atoms with Gasteiger partial charge in [0.2, 0.25) is 11.8 Å². The zero-order chi connectivity index (χ0) is 24.1. The van der Waals surface area contributed by atoms with E-state index in [4.69, 9.17) is 0 Å². The fourth-order valence-corrected chi connectivity index (χ4v) is 4.63. The highest BCUT2D eigenvalue weighted by atomic mass is 32.2. The van der Waals surface area contributed by atoms with Crippen LogP contribution >= 0.6 is 11.8 Å². The van der Waals surface area contributed by atoms with E-state index in [1.807, 2.05) is 42.7 Å². The van der Waals surface area contributed by atoms with Gasteiger partial charge in [-0.3, -0.25) is 14.2 Å². The summed E-state index contributed by atoms with van der Waals surface area (Å²) in [5, 5.41) is 12.0. The third-order valence-electron chi connectivity index (χ3n) is 5.62. The molecule has 1 heterocycles. The third-order valence-corrected chi connectivity index (χ3v) is 6.54. The number of rotatable bonds is 10. The number of benzene rings is 2. The summed E-state index contributed by atoms with van der Waals surface area (Å²) in [6, 6.07) is 14.3. The van der Waals surface area contributed by atoms with Crippen LogP contribution in [0.4, 0.5) is 10.1 Å². The Hall–Kier alpha value is -3.20. The molecule has 0 radical (unpaired) electrons. The van der Waals surface area contributed by atoms with Gasteiger partial charge in [-0.1, -0.05) is 49.0 Å². The Labute approximate surface area is 202 Å². The van der Waals surface area contributed by atoms with E-state index in [1.54, 1.807) is 23.1 Å². The number of carbonyl (C=O) groups excluding carboxylic acids is 2. The van der Waals surface area contributed by atoms with Crippen LogP contribution in [0.25, 0.3) is 11.4 Å². The molecule has 7 nitrogen and oxygen atoms in total. The van der Waals surface area contributed by atoms with Gasteiger partial charge in [-0.05, 0) is 49.9 Å². The lowest BCUT2D eigenvalue weighted by atomic mass is 10.2. The number of carbonyl (C=O) groups is 2. The fraction of sp³-hybridized carbons (Fsp3) is 0.360. The predicted octanol–water partition coefficient (Wildman–Crippen LogP) is 4.70. The Morgan fingerprint density at radius 3 is 2.59 bits per heavy atom. The van der Waals surface area contributed by atoms with Crippen molar-refractivity contribution in [3.63, 3.8) is 0 Å². The van der Waals surface area contributed by atoms with Gasteiger partial charge in [0.15, 0.2) is 11.0 Å². The summed E-state index contributed by atoms with van der Waals surface area (Å²) in [5.74, 6) is -0.120. The van der Waals surface area contributed by atoms with Crippen LogP contribution in [-0.2, 0) is 9.59 Å². The first-order valence-corrected chi connectivity index (χ1v) is 12.4. The lowest BCUT2D eigenvalue weighted by molar-refractivity contribution is -0.132. The zero-order valence-corrected chi connectivity index (χ0v) is 20.1. The molecule has 3 aromatic rings. The topological polar surface area (TPSA) is 80.1 Å². The summed E-state index contributed by atoms with van der Waals surface area (Å²) in [6.07, 6.45) is 2.69. The molecule has 1 aliphatic carbocycles. The average molecular weight is 482 g/mol. The molecule has 4 rings (SSSR count). The summed E-state index contributed by atoms with van der Waals surface area (Å²) in [4.78, 5) is 27.2. The minimum Gasteiger partial charge on any atom is -0.333 e. The second-order valence-corrected chi connectivity index (χ2v) is 9.30. The first-order valence-electron chi connectivity index (χ1n) is 11.4. The maximum atomic E-state index is 14.4. The van der Waals surface area contributed by atoms with E-state index in [0.717, 1.165) is 30.5 Å². The van der Waals surface area contributed by atoms with Crippen molar-refractivity contribution in [3.05, 3.63) is 59.9 Å². The van der Waals surface area contributed by atoms with Gasteiger partial charge in [0.1, 0.15) is 5.82 Å². The molecule has 0 unspecified atom stereocenters. The number of aromatic nitrogens is 3. The lowest BCUT2D eigenvalue weighted by Gasteiger charge is -2.21. The van der Waals surface area contributed by atoms with Crippen molar-refractivity contribution in [2.75, 3.05) is 24.2 Å². The van der Waals surface area contributed by atoms with Crippen molar-refractivity contribution >= 4 is 29.3 Å². The minimum absolute atomic E-state index is 0.0165. The monoisotopic (exact) mass is 481 g/mol. The molecule has 2 amide bonds. The second kappa shape index (κ2) is 10.8. The highest BCUT2D eigenvalue weighted by molar-refractivity contribution is 7.99. The van der Waals surface area contributed by atoms with Crippen LogP contribution in [0.5, 0.6) is 0 Å². The average Bonchev–Trinajstić information content (AvgIpc) is 3.58. The summed E-state index contributed by atoms with van der Waals surface area (Å²) in [6.45, 7) is 4.36. The molecule has 1 aromatic heterocycles. The summed E-state index contributed by atoms with van der Waals surface area (Å²) in [5.41, 5.74) is 2.11. The van der Waals surface area contributed by atoms with E-state index in [2.05, 4.69) is 15.5 Å². The molecule has 0 atom stereocenters. The van der Waals surface area contributed by atoms with Crippen LogP contribution in [0.1, 0.15) is 37.8 Å². The Balaban J connectivity index is 1.43. The van der Waals surface area contributed by atoms with Crippen LogP contribution in [-0.4, -0.2) is 50.3 Å². The molecule has 178 valence electrons. The Morgan fingerprint density at radius 2 is 1.88 bits per heavy atom. The highest BCUT2D eigenvalue weighted by Crippen LogP contribution is 2.41. The highest BCUT2D eigenvalue weighted by Gasteiger charge is 2.31. The number of hydrogen-bond acceptors (Lipinski definition) is 5. The fourth-order valence-electron chi connectivity index (χ4n) is 3.72. The maximum absolute atomic E-state index is 14.4. The molecule has 0 spiro atoms. The van der Waals surface area contributed by atoms with E-state index in [1.165, 1.54) is 17.8 Å². The van der Waals surface area contributed by atoms with E-state index < -0.39 is 0 Å². The van der Waals surface area contributed by atoms with Gasteiger partial charge in [-0.15, -0.1) is 10.2 Å². The van der Waals surface area contributed by atoms with Crippen molar-refractivity contribution in [2.45, 2.75) is 44.3 Å². The standard InChI is InChI=1S/C25H28FN5O2S/c1-3-14-30(15-22(32)27-21-11-7-4-8-17(21)2)23(33)16-34-25-29-28-24(31(25)18-12-13-18)19-9-5-6-10-20(19)26/h4-11,18H,3,12-16H2,1-2H3,(H,27,32). The van der Waals surface area contributed by atoms with Gasteiger partial charge in [0, 0.05) is 18.3 Å². The van der Waals surface area contributed by atoms with Gasteiger partial charge in [0.05, 0.1) is 17.9 Å². The number of nitrogens with one attached hydrogen (secondary N) is 1. The molecule has 0 bridgehead atoms. The quantitative estimate of drug-likeness (QED) is 0.425. The van der Waals surface area contributed by atoms with E-state index in [0.29, 0.717) is 23.1 Å². The number of aryl methyl sites for hydroxylation is 1. The van der Waals surface area contributed by atoms with Gasteiger partial charge in [-0.25, -0.2) is 4.39 Å². The summed E-state index contributed by atoms with van der Waals surface area (Å²) >= 11 is 1.28. The number of halogens is 1. The molecule has 2 aromatic carbocycles. The summed E-state index contributed by atoms with van der Waals surface area (Å²) in [7, 11) is 0. The Bertz CT molecular complexity index is 1180. The normalized spacial score (nSPS) is 13.0. The molecular weight excluding hydrogens is 453 g/mol. The molecule has 0 aliphatic heterocycles. The molecule has 34 heavy (non-hydrogen) atoms. The van der Waals surface area contributed by atoms with Gasteiger partial charge < -0.3 is 10.2 Å². The molecule has 1 N–H and O–H groups in total. The van der Waals surface area contributed by atoms with Crippen molar-refractivity contribution in [3.8, 4) is 11.4 Å². The number of thioether (sulfide) groups is 1. The number of hydrogen-bond donors (Lipinski definition) is 1. The molecule has 9 heteroatoms. The van der Waals surface area contributed by atoms with Crippen LogP contribution in [0.3, 0.4) is 0 Å². The van der Waals surface area contributed by atoms with Crippen molar-refractivity contribution in [2.24, 2.45) is 0 Å². The van der Waals surface area contributed by atoms with Crippen LogP contribution in [0.15, 0.2) is 53.7 Å². The smallest absolute Gasteiger partial charge is 0.244 e. The predicted molar refractivity (Wildman–Crippen MR) is 131 cm³/mol. The van der Waals surface area contributed by atoms with Gasteiger partial charge >= 0.3 is 0 Å². The molecular formula is C25H28FN5O2S. The number of anilines is 1. The van der Waals surface area contributed by atoms with Crippen molar-refractivity contribution < 1.29 is 14.0 Å². The first-order chi connectivity index (χ1) is 16.5. The number of para-hydroxylation sites is 1. The van der Waals surface area contributed by atoms with Crippen LogP contribution in [0, 0.1) is 12.7 Å². The van der Waals surface area contributed by atoms with Crippen molar-refractivity contribution in [1.82, 2.24) is 19.7 Å². The Kier molecular flexibility index (Phi) is 7.62. The third kappa shape index (κ3) is 5.64. The molecule has 1 fully saturated rings. The lowest BCUT2D eigenvalue weighted by Crippen LogP contribution is -2.39. The molecule has 1 aliphatic rings. The van der Waals surface area contributed by atoms with Crippen molar-refractivity contribution in [1.29, 1.82) is 0 Å². The summed E-state index contributed by atoms with van der Waals surface area (Å²) < 4.78 is 16.3. The molecule has 0 saturated heterocycles. The second-order valence-electron chi connectivity index (χ2n) is 8.35. The zero-order valence-electron chi connectivity index (χ0n) is 19.3. The van der Waals surface area contributed by atoms with E-state index in [-0.39, 0.29) is 36.0 Å². The number of amides is 2. The largest absolute Gasteiger partial charge is 0.333 e. The van der Waals surface area contributed by atoms with Gasteiger partial charge in [-0.2, -0.15) is 0 Å².